The van der Waals surface area contributed by atoms with Crippen molar-refractivity contribution in [2.24, 2.45) is 11.8 Å². The minimum atomic E-state index is -0.503. The van der Waals surface area contributed by atoms with Crippen molar-refractivity contribution >= 4 is 29.0 Å². The van der Waals surface area contributed by atoms with E-state index in [0.717, 1.165) is 5.92 Å². The zero-order chi connectivity index (χ0) is 10.1. The molecule has 2 aliphatic carbocycles. The van der Waals surface area contributed by atoms with Gasteiger partial charge in [-0.15, -0.1) is 23.2 Å². The summed E-state index contributed by atoms with van der Waals surface area (Å²) in [6.45, 7) is 0. The second-order valence-corrected chi connectivity index (χ2v) is 5.11. The molecule has 0 aromatic rings. The van der Waals surface area contributed by atoms with E-state index in [1.165, 1.54) is 24.8 Å². The minimum Gasteiger partial charge on any atom is -0.298 e. The van der Waals surface area contributed by atoms with Gasteiger partial charge in [-0.3, -0.25) is 4.79 Å². The third kappa shape index (κ3) is 1.99. The molecule has 0 aliphatic heterocycles. The lowest BCUT2D eigenvalue weighted by Crippen LogP contribution is -2.17. The van der Waals surface area contributed by atoms with E-state index in [9.17, 15) is 4.79 Å². The van der Waals surface area contributed by atoms with Gasteiger partial charge in [0.05, 0.1) is 0 Å². The summed E-state index contributed by atoms with van der Waals surface area (Å²) in [7, 11) is 0. The molecule has 0 saturated heterocycles. The molecule has 0 N–H and O–H groups in total. The number of hydrogen-bond donors (Lipinski definition) is 0. The molecule has 0 heterocycles. The van der Waals surface area contributed by atoms with Gasteiger partial charge in [0.15, 0.2) is 5.78 Å². The highest BCUT2D eigenvalue weighted by atomic mass is 35.5. The van der Waals surface area contributed by atoms with Crippen molar-refractivity contribution in [3.05, 3.63) is 11.6 Å². The van der Waals surface area contributed by atoms with Crippen LogP contribution in [0.25, 0.3) is 0 Å². The Morgan fingerprint density at radius 3 is 2.86 bits per heavy atom. The average Bonchev–Trinajstić information content (AvgIpc) is 2.77. The van der Waals surface area contributed by atoms with Crippen molar-refractivity contribution < 1.29 is 4.79 Å². The molecular weight excluding hydrogens is 219 g/mol. The molecule has 0 spiro atoms. The zero-order valence-corrected chi connectivity index (χ0v) is 9.52. The van der Waals surface area contributed by atoms with E-state index in [1.54, 1.807) is 0 Å². The van der Waals surface area contributed by atoms with E-state index in [0.29, 0.717) is 12.3 Å². The summed E-state index contributed by atoms with van der Waals surface area (Å²) in [6, 6.07) is 0. The number of allylic oxidation sites excluding steroid dienone is 2. The van der Waals surface area contributed by atoms with E-state index in [-0.39, 0.29) is 11.7 Å². The first-order valence-electron chi connectivity index (χ1n) is 5.14. The van der Waals surface area contributed by atoms with Gasteiger partial charge in [0.1, 0.15) is 5.38 Å². The maximum atomic E-state index is 11.5. The largest absolute Gasteiger partial charge is 0.298 e. The van der Waals surface area contributed by atoms with Crippen molar-refractivity contribution in [1.82, 2.24) is 0 Å². The SMILES string of the molecule is O=C(CC1=CC2CCC1C2)C(Cl)CCl. The van der Waals surface area contributed by atoms with Crippen LogP contribution in [0.15, 0.2) is 11.6 Å². The quantitative estimate of drug-likeness (QED) is 0.538. The zero-order valence-electron chi connectivity index (χ0n) is 8.01. The van der Waals surface area contributed by atoms with Crippen LogP contribution in [-0.4, -0.2) is 17.0 Å². The van der Waals surface area contributed by atoms with Crippen LogP contribution in [0.2, 0.25) is 0 Å². The van der Waals surface area contributed by atoms with Crippen LogP contribution in [-0.2, 0) is 4.79 Å². The van der Waals surface area contributed by atoms with Gasteiger partial charge < -0.3 is 0 Å². The summed E-state index contributed by atoms with van der Waals surface area (Å²) in [5.41, 5.74) is 1.32. The topological polar surface area (TPSA) is 17.1 Å². The Hall–Kier alpha value is -0.0100. The molecule has 1 nitrogen and oxygen atoms in total. The van der Waals surface area contributed by atoms with E-state index < -0.39 is 5.38 Å². The standard InChI is InChI=1S/C11H14Cl2O/c12-6-10(13)11(14)5-9-4-7-1-2-8(9)3-7/h4,7-8,10H,1-3,5-6H2. The van der Waals surface area contributed by atoms with Crippen molar-refractivity contribution in [2.75, 3.05) is 5.88 Å². The maximum Gasteiger partial charge on any atom is 0.155 e. The smallest absolute Gasteiger partial charge is 0.155 e. The van der Waals surface area contributed by atoms with E-state index >= 15 is 0 Å². The second-order valence-electron chi connectivity index (χ2n) is 4.28. The Labute approximate surface area is 94.5 Å². The molecule has 0 aromatic carbocycles. The summed E-state index contributed by atoms with van der Waals surface area (Å²) in [5, 5.41) is -0.503. The third-order valence-corrected chi connectivity index (χ3v) is 4.17. The van der Waals surface area contributed by atoms with Crippen LogP contribution in [0, 0.1) is 11.8 Å². The number of Topliss-reactive ketones (excluding diaryl/α,β-unsaturated/α-hetero) is 1. The number of hydrogen-bond acceptors (Lipinski definition) is 1. The Morgan fingerprint density at radius 1 is 1.57 bits per heavy atom. The highest BCUT2D eigenvalue weighted by Gasteiger charge is 2.33. The number of ketones is 1. The Bertz CT molecular complexity index is 272. The van der Waals surface area contributed by atoms with Crippen LogP contribution in [0.3, 0.4) is 0 Å². The number of alkyl halides is 2. The minimum absolute atomic E-state index is 0.0838. The summed E-state index contributed by atoms with van der Waals surface area (Å²) >= 11 is 11.3. The second kappa shape index (κ2) is 4.24. The number of halogens is 2. The maximum absolute atomic E-state index is 11.5. The molecule has 3 atom stereocenters. The Balaban J connectivity index is 1.92. The molecule has 78 valence electrons. The number of carbonyl (C=O) groups excluding carboxylic acids is 1. The van der Waals surface area contributed by atoms with Gasteiger partial charge in [0, 0.05) is 12.3 Å². The van der Waals surface area contributed by atoms with Gasteiger partial charge in [-0.2, -0.15) is 0 Å². The fourth-order valence-electron chi connectivity index (χ4n) is 2.54. The van der Waals surface area contributed by atoms with Crippen LogP contribution in [0.4, 0.5) is 0 Å². The van der Waals surface area contributed by atoms with Crippen LogP contribution < -0.4 is 0 Å². The Morgan fingerprint density at radius 2 is 2.36 bits per heavy atom. The lowest BCUT2D eigenvalue weighted by Gasteiger charge is -2.13. The number of rotatable bonds is 4. The molecule has 1 fully saturated rings. The van der Waals surface area contributed by atoms with Crippen LogP contribution in [0.1, 0.15) is 25.7 Å². The van der Waals surface area contributed by atoms with E-state index in [4.69, 9.17) is 23.2 Å². The first kappa shape index (κ1) is 10.5. The van der Waals surface area contributed by atoms with Crippen LogP contribution >= 0.6 is 23.2 Å². The Kier molecular flexibility index (Phi) is 3.18. The average molecular weight is 233 g/mol. The summed E-state index contributed by atoms with van der Waals surface area (Å²) in [5.74, 6) is 1.72. The molecule has 3 unspecified atom stereocenters. The molecule has 2 aliphatic rings. The third-order valence-electron chi connectivity index (χ3n) is 3.31. The molecular formula is C11H14Cl2O. The number of fused-ring (bicyclic) bond motifs is 2. The van der Waals surface area contributed by atoms with Crippen molar-refractivity contribution in [1.29, 1.82) is 0 Å². The van der Waals surface area contributed by atoms with Gasteiger partial charge in [0.25, 0.3) is 0 Å². The number of carbonyl (C=O) groups is 1. The molecule has 3 heteroatoms. The lowest BCUT2D eigenvalue weighted by atomic mass is 9.94. The molecule has 2 bridgehead atoms. The van der Waals surface area contributed by atoms with Crippen molar-refractivity contribution in [3.8, 4) is 0 Å². The molecule has 0 amide bonds. The van der Waals surface area contributed by atoms with Gasteiger partial charge in [-0.25, -0.2) is 0 Å². The predicted octanol–water partition coefficient (Wildman–Crippen LogP) is 3.15. The molecule has 0 aromatic heterocycles. The van der Waals surface area contributed by atoms with Crippen molar-refractivity contribution in [2.45, 2.75) is 31.1 Å². The van der Waals surface area contributed by atoms with Gasteiger partial charge in [-0.05, 0) is 31.1 Å². The fourth-order valence-corrected chi connectivity index (χ4v) is 2.79. The van der Waals surface area contributed by atoms with Crippen LogP contribution in [0.5, 0.6) is 0 Å². The highest BCUT2D eigenvalue weighted by molar-refractivity contribution is 6.36. The molecule has 2 rings (SSSR count). The lowest BCUT2D eigenvalue weighted by molar-refractivity contribution is -0.117. The molecule has 0 radical (unpaired) electrons. The predicted molar refractivity (Wildman–Crippen MR) is 58.9 cm³/mol. The summed E-state index contributed by atoms with van der Waals surface area (Å²) in [6.07, 6.45) is 6.64. The van der Waals surface area contributed by atoms with E-state index in [2.05, 4.69) is 6.08 Å². The van der Waals surface area contributed by atoms with Gasteiger partial charge in [-0.1, -0.05) is 11.6 Å². The summed E-state index contributed by atoms with van der Waals surface area (Å²) in [4.78, 5) is 11.5. The highest BCUT2D eigenvalue weighted by Crippen LogP contribution is 2.44. The van der Waals surface area contributed by atoms with Gasteiger partial charge in [0.2, 0.25) is 0 Å². The monoisotopic (exact) mass is 232 g/mol. The van der Waals surface area contributed by atoms with Crippen molar-refractivity contribution in [3.63, 3.8) is 0 Å². The normalized spacial score (nSPS) is 31.7. The van der Waals surface area contributed by atoms with Gasteiger partial charge >= 0.3 is 0 Å². The van der Waals surface area contributed by atoms with E-state index in [1.807, 2.05) is 0 Å². The summed E-state index contributed by atoms with van der Waals surface area (Å²) < 4.78 is 0. The molecule has 14 heavy (non-hydrogen) atoms. The first-order chi connectivity index (χ1) is 6.70. The fraction of sp³-hybridized carbons (Fsp3) is 0.727. The first-order valence-corrected chi connectivity index (χ1v) is 6.11. The molecule has 1 saturated carbocycles.